The van der Waals surface area contributed by atoms with E-state index in [9.17, 15) is 28.5 Å². The molecule has 1 rings (SSSR count). The molecule has 124 valence electrons. The molecule has 1 unspecified atom stereocenters. The second-order valence-electron chi connectivity index (χ2n) is 5.33. The summed E-state index contributed by atoms with van der Waals surface area (Å²) in [6, 6.07) is -0.856. The second kappa shape index (κ2) is 7.50. The highest BCUT2D eigenvalue weighted by atomic mass is 32.2. The normalized spacial score (nSPS) is 20.7. The summed E-state index contributed by atoms with van der Waals surface area (Å²) in [5, 5.41) is 30.0. The Bertz CT molecular complexity index is 440. The molecule has 0 aromatic rings. The van der Waals surface area contributed by atoms with Crippen LogP contribution in [0.15, 0.2) is 0 Å². The molecule has 0 spiro atoms. The SMILES string of the molecule is CCCS(=O)(=O)N1CCCC1C(=O)NC(CO)(CO)CO. The zero-order chi connectivity index (χ0) is 16.1. The standard InChI is InChI=1S/C12H24N2O6S/c1-2-6-21(19,20)14-5-3-4-10(14)11(18)13-12(7-15,8-16)9-17/h10,15-17H,2-9H2,1H3,(H,13,18). The quantitative estimate of drug-likeness (QED) is 0.410. The van der Waals surface area contributed by atoms with Crippen LogP contribution in [0.25, 0.3) is 0 Å². The number of aliphatic hydroxyl groups excluding tert-OH is 3. The number of hydrogen-bond donors (Lipinski definition) is 4. The molecule has 21 heavy (non-hydrogen) atoms. The van der Waals surface area contributed by atoms with Crippen molar-refractivity contribution in [3.8, 4) is 0 Å². The first-order valence-electron chi connectivity index (χ1n) is 7.00. The van der Waals surface area contributed by atoms with Gasteiger partial charge in [-0.2, -0.15) is 4.31 Å². The average molecular weight is 324 g/mol. The highest BCUT2D eigenvalue weighted by molar-refractivity contribution is 7.89. The first kappa shape index (κ1) is 18.3. The summed E-state index contributed by atoms with van der Waals surface area (Å²) in [5.41, 5.74) is -1.54. The van der Waals surface area contributed by atoms with E-state index >= 15 is 0 Å². The number of carbonyl (C=O) groups excluding carboxylic acids is 1. The molecule has 1 saturated heterocycles. The van der Waals surface area contributed by atoms with Crippen molar-refractivity contribution >= 4 is 15.9 Å². The molecule has 1 atom stereocenters. The number of nitrogens with zero attached hydrogens (tertiary/aromatic N) is 1. The molecule has 0 radical (unpaired) electrons. The smallest absolute Gasteiger partial charge is 0.239 e. The number of hydrogen-bond acceptors (Lipinski definition) is 6. The molecule has 9 heteroatoms. The Balaban J connectivity index is 2.86. The minimum Gasteiger partial charge on any atom is -0.394 e. The minimum absolute atomic E-state index is 0.0259. The number of rotatable bonds is 8. The Morgan fingerprint density at radius 1 is 1.29 bits per heavy atom. The van der Waals surface area contributed by atoms with E-state index in [1.165, 1.54) is 4.31 Å². The van der Waals surface area contributed by atoms with Gasteiger partial charge in [0.2, 0.25) is 15.9 Å². The molecule has 0 aliphatic carbocycles. The van der Waals surface area contributed by atoms with Gasteiger partial charge in [-0.15, -0.1) is 0 Å². The molecule has 0 bridgehead atoms. The summed E-state index contributed by atoms with van der Waals surface area (Å²) >= 11 is 0. The molecule has 4 N–H and O–H groups in total. The van der Waals surface area contributed by atoms with Crippen LogP contribution in [0.3, 0.4) is 0 Å². The number of amides is 1. The largest absolute Gasteiger partial charge is 0.394 e. The van der Waals surface area contributed by atoms with Crippen molar-refractivity contribution in [1.82, 2.24) is 9.62 Å². The van der Waals surface area contributed by atoms with E-state index in [0.717, 1.165) is 0 Å². The van der Waals surface area contributed by atoms with Gasteiger partial charge in [0.1, 0.15) is 11.6 Å². The zero-order valence-electron chi connectivity index (χ0n) is 12.2. The average Bonchev–Trinajstić information content (AvgIpc) is 2.95. The second-order valence-corrected chi connectivity index (χ2v) is 7.37. The third-order valence-electron chi connectivity index (χ3n) is 3.62. The predicted octanol–water partition coefficient (Wildman–Crippen LogP) is -1.98. The first-order chi connectivity index (χ1) is 9.85. The van der Waals surface area contributed by atoms with Gasteiger partial charge in [-0.25, -0.2) is 8.42 Å². The molecular formula is C12H24N2O6S. The van der Waals surface area contributed by atoms with Crippen molar-refractivity contribution in [3.05, 3.63) is 0 Å². The molecular weight excluding hydrogens is 300 g/mol. The summed E-state index contributed by atoms with van der Waals surface area (Å²) in [4.78, 5) is 12.2. The fraction of sp³-hybridized carbons (Fsp3) is 0.917. The van der Waals surface area contributed by atoms with Gasteiger partial charge in [-0.3, -0.25) is 4.79 Å². The summed E-state index contributed by atoms with van der Waals surface area (Å²) in [7, 11) is -3.50. The van der Waals surface area contributed by atoms with Gasteiger partial charge < -0.3 is 20.6 Å². The van der Waals surface area contributed by atoms with Crippen molar-refractivity contribution < 1.29 is 28.5 Å². The number of nitrogens with one attached hydrogen (secondary N) is 1. The summed E-state index contributed by atoms with van der Waals surface area (Å²) in [5.74, 6) is -0.633. The number of aliphatic hydroxyl groups is 3. The van der Waals surface area contributed by atoms with Crippen LogP contribution >= 0.6 is 0 Å². The molecule has 0 aromatic carbocycles. The van der Waals surface area contributed by atoms with E-state index in [4.69, 9.17) is 0 Å². The zero-order valence-corrected chi connectivity index (χ0v) is 13.0. The monoisotopic (exact) mass is 324 g/mol. The van der Waals surface area contributed by atoms with E-state index in [1.807, 2.05) is 0 Å². The van der Waals surface area contributed by atoms with Crippen molar-refractivity contribution in [2.75, 3.05) is 32.1 Å². The van der Waals surface area contributed by atoms with Crippen molar-refractivity contribution in [2.45, 2.75) is 37.8 Å². The van der Waals surface area contributed by atoms with E-state index in [1.54, 1.807) is 6.92 Å². The van der Waals surface area contributed by atoms with E-state index in [0.29, 0.717) is 19.3 Å². The van der Waals surface area contributed by atoms with Gasteiger partial charge in [0.25, 0.3) is 0 Å². The lowest BCUT2D eigenvalue weighted by molar-refractivity contribution is -0.128. The van der Waals surface area contributed by atoms with Crippen molar-refractivity contribution in [2.24, 2.45) is 0 Å². The lowest BCUT2D eigenvalue weighted by Gasteiger charge is -2.32. The summed E-state index contributed by atoms with van der Waals surface area (Å²) in [6.07, 6.45) is 1.42. The fourth-order valence-electron chi connectivity index (χ4n) is 2.32. The van der Waals surface area contributed by atoms with Crippen LogP contribution in [0, 0.1) is 0 Å². The summed E-state index contributed by atoms with van der Waals surface area (Å²) < 4.78 is 25.4. The third-order valence-corrected chi connectivity index (χ3v) is 5.70. The van der Waals surface area contributed by atoms with E-state index < -0.39 is 47.3 Å². The topological polar surface area (TPSA) is 127 Å². The molecule has 1 aliphatic heterocycles. The molecule has 8 nitrogen and oxygen atoms in total. The Morgan fingerprint density at radius 3 is 2.33 bits per heavy atom. The van der Waals surface area contributed by atoms with Gasteiger partial charge in [0, 0.05) is 6.54 Å². The summed E-state index contributed by atoms with van der Waals surface area (Å²) in [6.45, 7) is 0.113. The number of carbonyl (C=O) groups is 1. The van der Waals surface area contributed by atoms with Crippen molar-refractivity contribution in [1.29, 1.82) is 0 Å². The molecule has 0 aromatic heterocycles. The maximum absolute atomic E-state index is 12.2. The molecule has 1 aliphatic rings. The van der Waals surface area contributed by atoms with Crippen LogP contribution in [-0.4, -0.2) is 77.6 Å². The van der Waals surface area contributed by atoms with Crippen LogP contribution in [0.1, 0.15) is 26.2 Å². The Labute approximate surface area is 124 Å². The lowest BCUT2D eigenvalue weighted by atomic mass is 10.0. The van der Waals surface area contributed by atoms with Crippen LogP contribution in [-0.2, 0) is 14.8 Å². The Hall–Kier alpha value is -0.740. The van der Waals surface area contributed by atoms with E-state index in [2.05, 4.69) is 5.32 Å². The fourth-order valence-corrected chi connectivity index (χ4v) is 4.07. The first-order valence-corrected chi connectivity index (χ1v) is 8.61. The van der Waals surface area contributed by atoms with Gasteiger partial charge in [0.15, 0.2) is 0 Å². The highest BCUT2D eigenvalue weighted by Crippen LogP contribution is 2.22. The molecule has 1 fully saturated rings. The van der Waals surface area contributed by atoms with Crippen LogP contribution in [0.4, 0.5) is 0 Å². The maximum atomic E-state index is 12.2. The molecule has 1 heterocycles. The highest BCUT2D eigenvalue weighted by Gasteiger charge is 2.41. The minimum atomic E-state index is -3.50. The van der Waals surface area contributed by atoms with Gasteiger partial charge >= 0.3 is 0 Å². The maximum Gasteiger partial charge on any atom is 0.239 e. The van der Waals surface area contributed by atoms with Crippen LogP contribution in [0.2, 0.25) is 0 Å². The van der Waals surface area contributed by atoms with Crippen molar-refractivity contribution in [3.63, 3.8) is 0 Å². The molecule has 1 amide bonds. The van der Waals surface area contributed by atoms with Gasteiger partial charge in [-0.05, 0) is 19.3 Å². The van der Waals surface area contributed by atoms with Gasteiger partial charge in [0.05, 0.1) is 25.6 Å². The Morgan fingerprint density at radius 2 is 1.86 bits per heavy atom. The van der Waals surface area contributed by atoms with Gasteiger partial charge in [-0.1, -0.05) is 6.92 Å². The predicted molar refractivity (Wildman–Crippen MR) is 75.9 cm³/mol. The third kappa shape index (κ3) is 4.13. The molecule has 0 saturated carbocycles. The number of sulfonamides is 1. The lowest BCUT2D eigenvalue weighted by Crippen LogP contribution is -2.60. The van der Waals surface area contributed by atoms with E-state index in [-0.39, 0.29) is 12.3 Å². The van der Waals surface area contributed by atoms with Crippen LogP contribution < -0.4 is 5.32 Å². The van der Waals surface area contributed by atoms with Crippen LogP contribution in [0.5, 0.6) is 0 Å². The Kier molecular flexibility index (Phi) is 6.54.